The Bertz CT molecular complexity index is 1210. The summed E-state index contributed by atoms with van der Waals surface area (Å²) in [5.74, 6) is 0.621. The van der Waals surface area contributed by atoms with Gasteiger partial charge in [-0.2, -0.15) is 0 Å². The molecule has 4 rings (SSSR count). The largest absolute Gasteiger partial charge is 0.497 e. The van der Waals surface area contributed by atoms with Crippen molar-refractivity contribution in [3.05, 3.63) is 62.9 Å². The molecule has 0 saturated carbocycles. The highest BCUT2D eigenvalue weighted by Crippen LogP contribution is 2.35. The number of aromatic nitrogens is 1. The van der Waals surface area contributed by atoms with E-state index in [0.29, 0.717) is 14.5 Å². The maximum Gasteiger partial charge on any atom is 0.226 e. The Kier molecular flexibility index (Phi) is 5.78. The summed E-state index contributed by atoms with van der Waals surface area (Å²) in [6, 6.07) is 14.9. The molecule has 1 aromatic heterocycles. The van der Waals surface area contributed by atoms with Crippen LogP contribution in [0.1, 0.15) is 16.9 Å². The van der Waals surface area contributed by atoms with Crippen molar-refractivity contribution in [3.63, 3.8) is 0 Å². The molecule has 2 heterocycles. The van der Waals surface area contributed by atoms with Crippen molar-refractivity contribution in [1.82, 2.24) is 4.57 Å². The number of methoxy groups -OCH3 is 1. The van der Waals surface area contributed by atoms with Crippen molar-refractivity contribution < 1.29 is 14.6 Å². The Hall–Kier alpha value is -3.23. The molecule has 0 radical (unpaired) electrons. The molecular weight excluding hydrogens is 418 g/mol. The van der Waals surface area contributed by atoms with E-state index in [-0.39, 0.29) is 24.8 Å². The van der Waals surface area contributed by atoms with Crippen molar-refractivity contribution in [2.45, 2.75) is 13.0 Å². The van der Waals surface area contributed by atoms with Crippen LogP contribution in [0, 0.1) is 3.95 Å². The van der Waals surface area contributed by atoms with Gasteiger partial charge in [0.15, 0.2) is 3.95 Å². The molecule has 2 N–H and O–H groups in total. The average molecular weight is 438 g/mol. The molecule has 30 heavy (non-hydrogen) atoms. The normalized spacial score (nSPS) is 13.4. The predicted molar refractivity (Wildman–Crippen MR) is 124 cm³/mol. The van der Waals surface area contributed by atoms with E-state index in [2.05, 4.69) is 10.3 Å². The first-order valence-electron chi connectivity index (χ1n) is 9.27. The van der Waals surface area contributed by atoms with Crippen LogP contribution in [0.5, 0.6) is 11.6 Å². The molecule has 0 bridgehead atoms. The van der Waals surface area contributed by atoms with Gasteiger partial charge in [-0.05, 0) is 48.6 Å². The van der Waals surface area contributed by atoms with Gasteiger partial charge in [-0.3, -0.25) is 14.4 Å². The van der Waals surface area contributed by atoms with Gasteiger partial charge in [-0.25, -0.2) is 0 Å². The summed E-state index contributed by atoms with van der Waals surface area (Å²) in [4.78, 5) is 17.3. The molecule has 0 aliphatic carbocycles. The number of hydrogen-bond donors (Lipinski definition) is 2. The highest BCUT2D eigenvalue weighted by molar-refractivity contribution is 7.73. The summed E-state index contributed by atoms with van der Waals surface area (Å²) in [6.45, 7) is 0.289. The van der Waals surface area contributed by atoms with E-state index in [1.54, 1.807) is 42.2 Å². The summed E-state index contributed by atoms with van der Waals surface area (Å²) in [6.07, 6.45) is 3.84. The third kappa shape index (κ3) is 4.19. The number of anilines is 1. The van der Waals surface area contributed by atoms with Crippen molar-refractivity contribution >= 4 is 58.7 Å². The first-order chi connectivity index (χ1) is 14.5. The summed E-state index contributed by atoms with van der Waals surface area (Å²) >= 11 is 6.71. The van der Waals surface area contributed by atoms with Gasteiger partial charge in [0.1, 0.15) is 5.75 Å². The van der Waals surface area contributed by atoms with Crippen molar-refractivity contribution in [3.8, 4) is 11.6 Å². The van der Waals surface area contributed by atoms with Gasteiger partial charge < -0.3 is 15.2 Å². The van der Waals surface area contributed by atoms with E-state index in [9.17, 15) is 9.90 Å². The van der Waals surface area contributed by atoms with Gasteiger partial charge in [-0.1, -0.05) is 18.2 Å². The number of nitrogens with one attached hydrogen (secondary N) is 1. The van der Waals surface area contributed by atoms with Crippen LogP contribution >= 0.6 is 23.6 Å². The maximum absolute atomic E-state index is 12.3. The second-order valence-electron chi connectivity index (χ2n) is 6.61. The highest BCUT2D eigenvalue weighted by Gasteiger charge is 2.16. The number of aromatic hydroxyl groups is 1. The van der Waals surface area contributed by atoms with Crippen LogP contribution in [-0.4, -0.2) is 28.9 Å². The predicted octanol–water partition coefficient (Wildman–Crippen LogP) is 5.28. The van der Waals surface area contributed by atoms with Crippen LogP contribution in [0.4, 0.5) is 11.4 Å². The summed E-state index contributed by atoms with van der Waals surface area (Å²) in [5, 5.41) is 13.5. The number of nitrogens with zero attached hydrogens (tertiary/aromatic N) is 2. The molecule has 0 unspecified atom stereocenters. The van der Waals surface area contributed by atoms with Gasteiger partial charge in [0.25, 0.3) is 0 Å². The van der Waals surface area contributed by atoms with E-state index in [1.807, 2.05) is 30.3 Å². The van der Waals surface area contributed by atoms with E-state index in [0.717, 1.165) is 22.6 Å². The molecule has 152 valence electrons. The second kappa shape index (κ2) is 8.64. The van der Waals surface area contributed by atoms with Crippen molar-refractivity contribution in [2.75, 3.05) is 12.4 Å². The Morgan fingerprint density at radius 2 is 2.03 bits per heavy atom. The fourth-order valence-electron chi connectivity index (χ4n) is 3.11. The van der Waals surface area contributed by atoms with E-state index >= 15 is 0 Å². The zero-order valence-electron chi connectivity index (χ0n) is 16.2. The summed E-state index contributed by atoms with van der Waals surface area (Å²) in [7, 11) is 1.59. The smallest absolute Gasteiger partial charge is 0.226 e. The number of rotatable bonds is 6. The standard InChI is InChI=1S/C22H19N3O3S2/c1-28-16-8-6-15(7-9-16)24-20(26)10-11-25-21(27)19(30-22(25)29)12-14-13-23-18-5-3-2-4-17(14)18/h2-9,12-13,27H,10-11H2,1H3,(H,24,26)/b14-12-. The number of thiazole rings is 1. The number of carbonyl (C=O) groups is 1. The minimum atomic E-state index is -0.163. The van der Waals surface area contributed by atoms with Crippen LogP contribution in [0.3, 0.4) is 0 Å². The maximum atomic E-state index is 12.3. The third-order valence-corrected chi connectivity index (χ3v) is 6.06. The molecule has 0 atom stereocenters. The third-order valence-electron chi connectivity index (χ3n) is 4.67. The number of amides is 1. The number of ether oxygens (including phenoxy) is 1. The second-order valence-corrected chi connectivity index (χ2v) is 8.28. The monoisotopic (exact) mass is 437 g/mol. The number of allylic oxidation sites excluding steroid dienone is 1. The van der Waals surface area contributed by atoms with Gasteiger partial charge in [0.05, 0.1) is 17.7 Å². The lowest BCUT2D eigenvalue weighted by molar-refractivity contribution is -0.116. The first-order valence-corrected chi connectivity index (χ1v) is 10.5. The summed E-state index contributed by atoms with van der Waals surface area (Å²) < 4.78 is 7.20. The number of fused-ring (bicyclic) bond motifs is 1. The molecule has 8 heteroatoms. The Labute approximate surface area is 182 Å². The van der Waals surface area contributed by atoms with Gasteiger partial charge in [-0.15, -0.1) is 11.3 Å². The fourth-order valence-corrected chi connectivity index (χ4v) is 4.42. The van der Waals surface area contributed by atoms with Gasteiger partial charge in [0.2, 0.25) is 11.8 Å². The zero-order valence-corrected chi connectivity index (χ0v) is 17.8. The Morgan fingerprint density at radius 3 is 2.80 bits per heavy atom. The molecule has 6 nitrogen and oxygen atoms in total. The van der Waals surface area contributed by atoms with E-state index in [1.165, 1.54) is 11.3 Å². The van der Waals surface area contributed by atoms with Crippen LogP contribution < -0.4 is 10.1 Å². The SMILES string of the molecule is COc1ccc(NC(=O)CCn2c(O)c(/C=C3/C=Nc4ccccc43)sc2=S)cc1. The first kappa shape index (κ1) is 20.1. The number of hydrogen-bond acceptors (Lipinski definition) is 6. The molecule has 1 aliphatic heterocycles. The van der Waals surface area contributed by atoms with Crippen LogP contribution in [0.2, 0.25) is 0 Å². The minimum absolute atomic E-state index is 0.0625. The highest BCUT2D eigenvalue weighted by atomic mass is 32.1. The molecule has 2 aromatic carbocycles. The molecule has 3 aromatic rings. The molecule has 1 aliphatic rings. The van der Waals surface area contributed by atoms with Crippen LogP contribution in [0.25, 0.3) is 11.6 Å². The van der Waals surface area contributed by atoms with Crippen molar-refractivity contribution in [1.29, 1.82) is 0 Å². The van der Waals surface area contributed by atoms with Crippen molar-refractivity contribution in [2.24, 2.45) is 4.99 Å². The average Bonchev–Trinajstić information content (AvgIpc) is 3.28. The lowest BCUT2D eigenvalue weighted by Crippen LogP contribution is -2.14. The van der Waals surface area contributed by atoms with E-state index < -0.39 is 0 Å². The number of para-hydroxylation sites is 1. The number of benzene rings is 2. The zero-order chi connectivity index (χ0) is 21.1. The fraction of sp³-hybridized carbons (Fsp3) is 0.136. The van der Waals surface area contributed by atoms with Crippen LogP contribution in [0.15, 0.2) is 53.5 Å². The molecular formula is C22H19N3O3S2. The molecule has 1 amide bonds. The minimum Gasteiger partial charge on any atom is -0.497 e. The lowest BCUT2D eigenvalue weighted by atomic mass is 10.1. The summed E-state index contributed by atoms with van der Waals surface area (Å²) in [5.41, 5.74) is 3.52. The Morgan fingerprint density at radius 1 is 1.27 bits per heavy atom. The molecule has 0 fully saturated rings. The van der Waals surface area contributed by atoms with Crippen LogP contribution in [-0.2, 0) is 11.3 Å². The lowest BCUT2D eigenvalue weighted by Gasteiger charge is -2.07. The van der Waals surface area contributed by atoms with Gasteiger partial charge in [0, 0.05) is 36.0 Å². The quantitative estimate of drug-likeness (QED) is 0.515. The van der Waals surface area contributed by atoms with E-state index in [4.69, 9.17) is 17.0 Å². The van der Waals surface area contributed by atoms with Gasteiger partial charge >= 0.3 is 0 Å². The Balaban J connectivity index is 1.45. The molecule has 0 spiro atoms. The molecule has 0 saturated heterocycles. The number of carbonyl (C=O) groups excluding carboxylic acids is 1. The number of aliphatic imine (C=N–C) groups is 1. The topological polar surface area (TPSA) is 75.8 Å².